The molecule has 20 heavy (non-hydrogen) atoms. The first-order valence-corrected chi connectivity index (χ1v) is 6.10. The van der Waals surface area contributed by atoms with E-state index in [1.165, 1.54) is 0 Å². The van der Waals surface area contributed by atoms with Crippen LogP contribution in [0.4, 0.5) is 14.5 Å². The molecular formula is C13H13F2NO4. The number of nitrogens with one attached hydrogen (secondary N) is 1. The molecule has 0 aliphatic carbocycles. The first-order valence-electron chi connectivity index (χ1n) is 6.10. The molecule has 0 radical (unpaired) electrons. The molecule has 1 heterocycles. The number of carboxylic acid groups (broad SMARTS) is 1. The van der Waals surface area contributed by atoms with E-state index in [1.807, 2.05) is 0 Å². The van der Waals surface area contributed by atoms with Gasteiger partial charge >= 0.3 is 5.97 Å². The van der Waals surface area contributed by atoms with Crippen molar-refractivity contribution in [2.75, 3.05) is 18.5 Å². The summed E-state index contributed by atoms with van der Waals surface area (Å²) in [6.07, 6.45) is 1.34. The number of carboxylic acids is 1. The van der Waals surface area contributed by atoms with E-state index in [-0.39, 0.29) is 12.3 Å². The van der Waals surface area contributed by atoms with Gasteiger partial charge in [0.1, 0.15) is 11.6 Å². The third-order valence-corrected chi connectivity index (χ3v) is 3.08. The summed E-state index contributed by atoms with van der Waals surface area (Å²) in [4.78, 5) is 22.7. The van der Waals surface area contributed by atoms with E-state index in [9.17, 15) is 18.4 Å². The number of carbonyl (C=O) groups excluding carboxylic acids is 1. The van der Waals surface area contributed by atoms with Gasteiger partial charge in [-0.3, -0.25) is 4.79 Å². The Morgan fingerprint density at radius 3 is 2.65 bits per heavy atom. The summed E-state index contributed by atoms with van der Waals surface area (Å²) in [7, 11) is 0. The van der Waals surface area contributed by atoms with E-state index in [2.05, 4.69) is 5.32 Å². The van der Waals surface area contributed by atoms with Gasteiger partial charge in [0, 0.05) is 12.7 Å². The summed E-state index contributed by atoms with van der Waals surface area (Å²) in [6.45, 7) is 0.818. The number of benzene rings is 1. The number of aromatic carboxylic acids is 1. The molecule has 2 rings (SSSR count). The SMILES string of the molecule is O=C(O)c1cc(NC(=O)C2CCCOC2)c(F)cc1F. The van der Waals surface area contributed by atoms with Crippen molar-refractivity contribution in [1.82, 2.24) is 0 Å². The van der Waals surface area contributed by atoms with Crippen molar-refractivity contribution in [2.45, 2.75) is 12.8 Å². The van der Waals surface area contributed by atoms with Crippen LogP contribution in [0.3, 0.4) is 0 Å². The molecule has 2 N–H and O–H groups in total. The lowest BCUT2D eigenvalue weighted by molar-refractivity contribution is -0.123. The average Bonchev–Trinajstić information content (AvgIpc) is 2.42. The molecule has 1 aromatic rings. The van der Waals surface area contributed by atoms with Gasteiger partial charge in [-0.2, -0.15) is 0 Å². The van der Waals surface area contributed by atoms with Crippen molar-refractivity contribution in [2.24, 2.45) is 5.92 Å². The molecule has 1 fully saturated rings. The van der Waals surface area contributed by atoms with Gasteiger partial charge < -0.3 is 15.2 Å². The van der Waals surface area contributed by atoms with Crippen LogP contribution in [0.25, 0.3) is 0 Å². The molecule has 0 saturated carbocycles. The lowest BCUT2D eigenvalue weighted by Crippen LogP contribution is -2.30. The molecule has 5 nitrogen and oxygen atoms in total. The molecule has 1 aliphatic heterocycles. The highest BCUT2D eigenvalue weighted by Gasteiger charge is 2.23. The Kier molecular flexibility index (Phi) is 4.29. The van der Waals surface area contributed by atoms with Crippen LogP contribution in [-0.4, -0.2) is 30.2 Å². The zero-order valence-corrected chi connectivity index (χ0v) is 10.5. The number of rotatable bonds is 3. The van der Waals surface area contributed by atoms with Gasteiger partial charge in [0.25, 0.3) is 0 Å². The van der Waals surface area contributed by atoms with Crippen LogP contribution in [-0.2, 0) is 9.53 Å². The number of anilines is 1. The highest BCUT2D eigenvalue weighted by Crippen LogP contribution is 2.22. The summed E-state index contributed by atoms with van der Waals surface area (Å²) in [5.74, 6) is -4.61. The summed E-state index contributed by atoms with van der Waals surface area (Å²) < 4.78 is 31.9. The molecule has 1 unspecified atom stereocenters. The Hall–Kier alpha value is -2.02. The Morgan fingerprint density at radius 2 is 2.05 bits per heavy atom. The average molecular weight is 285 g/mol. The van der Waals surface area contributed by atoms with E-state index >= 15 is 0 Å². The summed E-state index contributed by atoms with van der Waals surface area (Å²) >= 11 is 0. The first kappa shape index (κ1) is 14.4. The smallest absolute Gasteiger partial charge is 0.338 e. The van der Waals surface area contributed by atoms with Gasteiger partial charge in [0.2, 0.25) is 5.91 Å². The lowest BCUT2D eigenvalue weighted by atomic mass is 10.0. The quantitative estimate of drug-likeness (QED) is 0.891. The standard InChI is InChI=1S/C13H13F2NO4/c14-9-5-10(15)11(4-8(9)13(18)19)16-12(17)7-2-1-3-20-6-7/h4-5,7H,1-3,6H2,(H,16,17)(H,18,19). The second kappa shape index (κ2) is 5.96. The van der Waals surface area contributed by atoms with Crippen molar-refractivity contribution in [3.8, 4) is 0 Å². The molecule has 1 aliphatic rings. The monoisotopic (exact) mass is 285 g/mol. The molecular weight excluding hydrogens is 272 g/mol. The Morgan fingerprint density at radius 1 is 1.30 bits per heavy atom. The third-order valence-electron chi connectivity index (χ3n) is 3.08. The molecule has 1 atom stereocenters. The zero-order valence-electron chi connectivity index (χ0n) is 10.5. The van der Waals surface area contributed by atoms with Crippen LogP contribution < -0.4 is 5.32 Å². The van der Waals surface area contributed by atoms with Gasteiger partial charge in [-0.05, 0) is 18.9 Å². The molecule has 1 aromatic carbocycles. The Balaban J connectivity index is 2.18. The molecule has 1 saturated heterocycles. The highest BCUT2D eigenvalue weighted by molar-refractivity contribution is 5.95. The predicted molar refractivity (Wildman–Crippen MR) is 65.5 cm³/mol. The van der Waals surface area contributed by atoms with Crippen LogP contribution in [0, 0.1) is 17.6 Å². The topological polar surface area (TPSA) is 75.6 Å². The van der Waals surface area contributed by atoms with Crippen LogP contribution in [0.2, 0.25) is 0 Å². The number of hydrogen-bond donors (Lipinski definition) is 2. The van der Waals surface area contributed by atoms with Crippen molar-refractivity contribution < 1.29 is 28.2 Å². The van der Waals surface area contributed by atoms with Gasteiger partial charge in [0.15, 0.2) is 0 Å². The summed E-state index contributed by atoms with van der Waals surface area (Å²) in [5, 5.41) is 11.0. The fourth-order valence-corrected chi connectivity index (χ4v) is 1.99. The Labute approximate surface area is 113 Å². The van der Waals surface area contributed by atoms with Gasteiger partial charge in [-0.25, -0.2) is 13.6 Å². The van der Waals surface area contributed by atoms with Crippen molar-refractivity contribution in [3.05, 3.63) is 29.3 Å². The molecule has 0 spiro atoms. The Bertz CT molecular complexity index is 541. The summed E-state index contributed by atoms with van der Waals surface area (Å²) in [5.41, 5.74) is -1.04. The third kappa shape index (κ3) is 3.11. The molecule has 0 aromatic heterocycles. The maximum atomic E-state index is 13.5. The van der Waals surface area contributed by atoms with Crippen LogP contribution in [0.5, 0.6) is 0 Å². The van der Waals surface area contributed by atoms with Crippen LogP contribution in [0.1, 0.15) is 23.2 Å². The largest absolute Gasteiger partial charge is 0.478 e. The maximum Gasteiger partial charge on any atom is 0.338 e. The minimum atomic E-state index is -1.53. The minimum Gasteiger partial charge on any atom is -0.478 e. The second-order valence-electron chi connectivity index (χ2n) is 4.52. The number of amides is 1. The van der Waals surface area contributed by atoms with Crippen molar-refractivity contribution >= 4 is 17.6 Å². The molecule has 108 valence electrons. The minimum absolute atomic E-state index is 0.237. The van der Waals surface area contributed by atoms with Crippen LogP contribution in [0.15, 0.2) is 12.1 Å². The normalized spacial score (nSPS) is 18.6. The van der Waals surface area contributed by atoms with E-state index in [0.29, 0.717) is 19.1 Å². The van der Waals surface area contributed by atoms with Gasteiger partial charge in [-0.15, -0.1) is 0 Å². The predicted octanol–water partition coefficient (Wildman–Crippen LogP) is 2.03. The van der Waals surface area contributed by atoms with Gasteiger partial charge in [-0.1, -0.05) is 0 Å². The fraction of sp³-hybridized carbons (Fsp3) is 0.385. The number of halogens is 2. The number of ether oxygens (including phenoxy) is 1. The second-order valence-corrected chi connectivity index (χ2v) is 4.52. The van der Waals surface area contributed by atoms with Crippen LogP contribution >= 0.6 is 0 Å². The molecule has 1 amide bonds. The van der Waals surface area contributed by atoms with E-state index < -0.39 is 35.0 Å². The molecule has 7 heteroatoms. The van der Waals surface area contributed by atoms with E-state index in [4.69, 9.17) is 9.84 Å². The van der Waals surface area contributed by atoms with E-state index in [1.54, 1.807) is 0 Å². The van der Waals surface area contributed by atoms with Crippen molar-refractivity contribution in [3.63, 3.8) is 0 Å². The highest BCUT2D eigenvalue weighted by atomic mass is 19.1. The number of carbonyl (C=O) groups is 2. The maximum absolute atomic E-state index is 13.5. The summed E-state index contributed by atoms with van der Waals surface area (Å²) in [6, 6.07) is 1.21. The number of hydrogen-bond acceptors (Lipinski definition) is 3. The van der Waals surface area contributed by atoms with Crippen molar-refractivity contribution in [1.29, 1.82) is 0 Å². The zero-order chi connectivity index (χ0) is 14.7. The lowest BCUT2D eigenvalue weighted by Gasteiger charge is -2.21. The first-order chi connectivity index (χ1) is 9.49. The molecule has 0 bridgehead atoms. The van der Waals surface area contributed by atoms with E-state index in [0.717, 1.165) is 12.5 Å². The van der Waals surface area contributed by atoms with Gasteiger partial charge in [0.05, 0.1) is 23.8 Å². The fourth-order valence-electron chi connectivity index (χ4n) is 1.99.